The van der Waals surface area contributed by atoms with Gasteiger partial charge in [0, 0.05) is 6.42 Å². The quantitative estimate of drug-likeness (QED) is 0.473. The van der Waals surface area contributed by atoms with Crippen molar-refractivity contribution in [3.63, 3.8) is 0 Å². The average molecular weight is 425 g/mol. The molecular weight excluding hydrogens is 384 g/mol. The van der Waals surface area contributed by atoms with E-state index in [1.807, 2.05) is 0 Å². The number of aliphatic carboxylic acids is 1. The Morgan fingerprint density at radius 1 is 0.967 bits per heavy atom. The maximum absolute atomic E-state index is 11.5. The summed E-state index contributed by atoms with van der Waals surface area (Å²) in [4.78, 5) is 11.1. The lowest BCUT2D eigenvalue weighted by Gasteiger charge is -2.64. The van der Waals surface area contributed by atoms with Crippen LogP contribution in [0.1, 0.15) is 72.1 Å². The number of carboxylic acids is 1. The molecule has 4 fully saturated rings. The van der Waals surface area contributed by atoms with Gasteiger partial charge in [-0.3, -0.25) is 4.79 Å². The number of aliphatic hydroxyl groups is 4. The largest absolute Gasteiger partial charge is 0.481 e. The zero-order chi connectivity index (χ0) is 22.0. The van der Waals surface area contributed by atoms with Gasteiger partial charge in [0.2, 0.25) is 0 Å². The van der Waals surface area contributed by atoms with Crippen molar-refractivity contribution in [1.29, 1.82) is 0 Å². The molecule has 0 spiro atoms. The third kappa shape index (κ3) is 3.16. The minimum absolute atomic E-state index is 0.0541. The molecule has 4 aliphatic carbocycles. The number of hydrogen-bond donors (Lipinski definition) is 5. The second-order valence-corrected chi connectivity index (χ2v) is 11.5. The molecule has 0 amide bonds. The molecule has 0 aliphatic heterocycles. The molecule has 0 aromatic rings. The van der Waals surface area contributed by atoms with E-state index in [9.17, 15) is 25.2 Å². The monoisotopic (exact) mass is 424 g/mol. The van der Waals surface area contributed by atoms with Crippen LogP contribution in [0, 0.1) is 46.3 Å². The van der Waals surface area contributed by atoms with Crippen molar-refractivity contribution in [3.05, 3.63) is 0 Å². The molecule has 0 aromatic carbocycles. The van der Waals surface area contributed by atoms with E-state index in [1.165, 1.54) is 0 Å². The molecule has 6 heteroatoms. The Labute approximate surface area is 179 Å². The number of fused-ring (bicyclic) bond motifs is 5. The number of hydrogen-bond acceptors (Lipinski definition) is 5. The molecule has 4 rings (SSSR count). The lowest BCUT2D eigenvalue weighted by atomic mass is 9.42. The van der Waals surface area contributed by atoms with E-state index in [1.54, 1.807) is 0 Å². The molecule has 0 saturated heterocycles. The first kappa shape index (κ1) is 22.5. The van der Waals surface area contributed by atoms with Crippen molar-refractivity contribution in [2.75, 3.05) is 0 Å². The van der Waals surface area contributed by atoms with Crippen LogP contribution in [-0.2, 0) is 4.79 Å². The molecule has 0 radical (unpaired) electrons. The fraction of sp³-hybridized carbons (Fsp3) is 0.958. The molecule has 1 unspecified atom stereocenters. The summed E-state index contributed by atoms with van der Waals surface area (Å²) in [6.45, 7) is 6.45. The molecule has 4 saturated carbocycles. The van der Waals surface area contributed by atoms with Gasteiger partial charge in [-0.1, -0.05) is 20.8 Å². The lowest BCUT2D eigenvalue weighted by molar-refractivity contribution is -0.243. The summed E-state index contributed by atoms with van der Waals surface area (Å²) < 4.78 is 0. The smallest absolute Gasteiger partial charge is 0.303 e. The fourth-order valence-electron chi connectivity index (χ4n) is 8.72. The van der Waals surface area contributed by atoms with Crippen molar-refractivity contribution < 1.29 is 30.3 Å². The fourth-order valence-corrected chi connectivity index (χ4v) is 8.72. The Balaban J connectivity index is 1.64. The number of carboxylic acid groups (broad SMARTS) is 1. The molecular formula is C24H40O6. The SMILES string of the molecule is CC(CCC(=O)O)[C@H]1CC[C@H]2[C@@H]3[C@H](O)[C@@H](O)[C@@H]4C[C@H](O)CC[C@]4(C)[C@H]3C[C@H](O)[C@]12C. The van der Waals surface area contributed by atoms with Crippen LogP contribution in [0.2, 0.25) is 0 Å². The van der Waals surface area contributed by atoms with E-state index in [-0.39, 0.29) is 52.8 Å². The Hall–Kier alpha value is -0.690. The van der Waals surface area contributed by atoms with Gasteiger partial charge in [-0.2, -0.15) is 0 Å². The summed E-state index contributed by atoms with van der Waals surface area (Å²) >= 11 is 0. The predicted octanol–water partition coefficient (Wildman–Crippen LogP) is 2.42. The standard InChI is InChI=1S/C24H40O6/c1-12(4-7-19(27)28)14-5-6-15-20-16(11-18(26)24(14,15)3)23(2)9-8-13(25)10-17(23)21(29)22(20)30/h12-18,20-22,25-26,29-30H,4-11H2,1-3H3,(H,27,28)/t12?,13-,14-,15+,16+,17+,18+,20+,21+,22+,23-,24-/m1/s1. The number of aliphatic hydroxyl groups excluding tert-OH is 4. The molecule has 4 aliphatic rings. The summed E-state index contributed by atoms with van der Waals surface area (Å²) in [6.07, 6.45) is 2.67. The summed E-state index contributed by atoms with van der Waals surface area (Å²) in [5.41, 5.74) is -0.547. The molecule has 0 heterocycles. The molecule has 5 N–H and O–H groups in total. The van der Waals surface area contributed by atoms with E-state index < -0.39 is 30.4 Å². The highest BCUT2D eigenvalue weighted by molar-refractivity contribution is 5.66. The molecule has 0 bridgehead atoms. The summed E-state index contributed by atoms with van der Waals surface area (Å²) in [6, 6.07) is 0. The maximum Gasteiger partial charge on any atom is 0.303 e. The van der Waals surface area contributed by atoms with Gasteiger partial charge in [-0.05, 0) is 91.3 Å². The van der Waals surface area contributed by atoms with Crippen LogP contribution >= 0.6 is 0 Å². The van der Waals surface area contributed by atoms with Gasteiger partial charge >= 0.3 is 5.97 Å². The zero-order valence-corrected chi connectivity index (χ0v) is 18.6. The third-order valence-corrected chi connectivity index (χ3v) is 10.4. The minimum Gasteiger partial charge on any atom is -0.481 e. The van der Waals surface area contributed by atoms with Crippen molar-refractivity contribution in [2.45, 2.75) is 96.6 Å². The number of carbonyl (C=O) groups is 1. The predicted molar refractivity (Wildman–Crippen MR) is 111 cm³/mol. The summed E-state index contributed by atoms with van der Waals surface area (Å²) in [7, 11) is 0. The third-order valence-electron chi connectivity index (χ3n) is 10.4. The Morgan fingerprint density at radius 3 is 2.33 bits per heavy atom. The first-order valence-electron chi connectivity index (χ1n) is 12.0. The maximum atomic E-state index is 11.5. The van der Waals surface area contributed by atoms with Crippen LogP contribution in [0.3, 0.4) is 0 Å². The molecule has 172 valence electrons. The van der Waals surface area contributed by atoms with Gasteiger partial charge in [0.05, 0.1) is 24.4 Å². The van der Waals surface area contributed by atoms with Crippen LogP contribution in [0.4, 0.5) is 0 Å². The highest BCUT2D eigenvalue weighted by Crippen LogP contribution is 2.68. The second kappa shape index (κ2) is 7.72. The first-order valence-corrected chi connectivity index (χ1v) is 12.0. The van der Waals surface area contributed by atoms with Crippen LogP contribution in [0.5, 0.6) is 0 Å². The van der Waals surface area contributed by atoms with Crippen molar-refractivity contribution in [2.24, 2.45) is 46.3 Å². The van der Waals surface area contributed by atoms with E-state index in [2.05, 4.69) is 20.8 Å². The van der Waals surface area contributed by atoms with Crippen LogP contribution < -0.4 is 0 Å². The highest BCUT2D eigenvalue weighted by Gasteiger charge is 2.67. The minimum atomic E-state index is -0.839. The molecule has 12 atom stereocenters. The van der Waals surface area contributed by atoms with E-state index in [0.717, 1.165) is 19.3 Å². The van der Waals surface area contributed by atoms with Gasteiger partial charge in [0.1, 0.15) is 0 Å². The van der Waals surface area contributed by atoms with Gasteiger partial charge in [-0.25, -0.2) is 0 Å². The molecule has 6 nitrogen and oxygen atoms in total. The van der Waals surface area contributed by atoms with Crippen LogP contribution in [-0.4, -0.2) is 55.9 Å². The van der Waals surface area contributed by atoms with E-state index in [0.29, 0.717) is 25.7 Å². The Morgan fingerprint density at radius 2 is 1.67 bits per heavy atom. The Bertz CT molecular complexity index is 668. The lowest BCUT2D eigenvalue weighted by Crippen LogP contribution is -2.66. The zero-order valence-electron chi connectivity index (χ0n) is 18.6. The average Bonchev–Trinajstić information content (AvgIpc) is 3.05. The number of rotatable bonds is 4. The van der Waals surface area contributed by atoms with Crippen molar-refractivity contribution in [1.82, 2.24) is 0 Å². The van der Waals surface area contributed by atoms with Gasteiger partial charge in [0.15, 0.2) is 0 Å². The van der Waals surface area contributed by atoms with Gasteiger partial charge in [-0.15, -0.1) is 0 Å². The Kier molecular flexibility index (Phi) is 5.79. The summed E-state index contributed by atoms with van der Waals surface area (Å²) in [5.74, 6) is -0.299. The van der Waals surface area contributed by atoms with Crippen LogP contribution in [0.15, 0.2) is 0 Å². The van der Waals surface area contributed by atoms with Gasteiger partial charge in [0.25, 0.3) is 0 Å². The molecule has 30 heavy (non-hydrogen) atoms. The molecule has 0 aromatic heterocycles. The second-order valence-electron chi connectivity index (χ2n) is 11.5. The van der Waals surface area contributed by atoms with Crippen LogP contribution in [0.25, 0.3) is 0 Å². The topological polar surface area (TPSA) is 118 Å². The highest BCUT2D eigenvalue weighted by atomic mass is 16.4. The van der Waals surface area contributed by atoms with Crippen molar-refractivity contribution >= 4 is 5.97 Å². The van der Waals surface area contributed by atoms with E-state index in [4.69, 9.17) is 5.11 Å². The normalized spacial score (nSPS) is 54.0. The van der Waals surface area contributed by atoms with Gasteiger partial charge < -0.3 is 25.5 Å². The first-order chi connectivity index (χ1) is 14.0. The van der Waals surface area contributed by atoms with E-state index >= 15 is 0 Å². The van der Waals surface area contributed by atoms with Crippen molar-refractivity contribution in [3.8, 4) is 0 Å². The summed E-state index contributed by atoms with van der Waals surface area (Å²) in [5, 5.41) is 53.1.